The Labute approximate surface area is 70.6 Å². The minimum Gasteiger partial charge on any atom is -0.323 e. The summed E-state index contributed by atoms with van der Waals surface area (Å²) in [6, 6.07) is 1.78. The number of aromatic nitrogens is 2. The van der Waals surface area contributed by atoms with E-state index in [0.717, 1.165) is 6.54 Å². The molecular weight excluding hydrogens is 156 g/mol. The molecular formula is C7H10N4O. The molecule has 0 bridgehead atoms. The van der Waals surface area contributed by atoms with Crippen LogP contribution in [0.1, 0.15) is 11.7 Å². The molecule has 5 nitrogen and oxygen atoms in total. The Kier molecular flexibility index (Phi) is 2.77. The van der Waals surface area contributed by atoms with Crippen LogP contribution >= 0.6 is 0 Å². The molecule has 0 atom stereocenters. The fourth-order valence-corrected chi connectivity index (χ4v) is 0.725. The van der Waals surface area contributed by atoms with Crippen molar-refractivity contribution in [1.82, 2.24) is 15.0 Å². The highest BCUT2D eigenvalue weighted by atomic mass is 16.5. The molecule has 1 aromatic rings. The van der Waals surface area contributed by atoms with E-state index in [1.165, 1.54) is 0 Å². The highest BCUT2D eigenvalue weighted by Crippen LogP contribution is 1.96. The van der Waals surface area contributed by atoms with Crippen LogP contribution in [0.4, 0.5) is 0 Å². The predicted octanol–water partition coefficient (Wildman–Crippen LogP) is 0.0454. The van der Waals surface area contributed by atoms with Crippen molar-refractivity contribution < 1.29 is 4.52 Å². The minimum atomic E-state index is 0.0313. The summed E-state index contributed by atoms with van der Waals surface area (Å²) < 4.78 is 4.61. The van der Waals surface area contributed by atoms with Crippen LogP contribution in [0.2, 0.25) is 0 Å². The number of likely N-dealkylation sites (N-methyl/N-ethyl adjacent to an activating group) is 1. The molecule has 1 aromatic heterocycles. The summed E-state index contributed by atoms with van der Waals surface area (Å²) in [4.78, 5) is 5.85. The Morgan fingerprint density at radius 3 is 2.83 bits per heavy atom. The molecule has 0 aliphatic heterocycles. The van der Waals surface area contributed by atoms with Gasteiger partial charge in [-0.15, -0.1) is 0 Å². The SMILES string of the molecule is CN(C)CCc1noc(C#N)n1. The summed E-state index contributed by atoms with van der Waals surface area (Å²) in [6.45, 7) is 0.852. The molecule has 1 heterocycles. The molecule has 0 saturated carbocycles. The summed E-state index contributed by atoms with van der Waals surface area (Å²) in [5.74, 6) is 0.615. The summed E-state index contributed by atoms with van der Waals surface area (Å²) in [6.07, 6.45) is 0.707. The van der Waals surface area contributed by atoms with Gasteiger partial charge in [-0.05, 0) is 14.1 Å². The van der Waals surface area contributed by atoms with Crippen LogP contribution in [-0.2, 0) is 6.42 Å². The van der Waals surface area contributed by atoms with E-state index in [-0.39, 0.29) is 5.89 Å². The van der Waals surface area contributed by atoms with Crippen molar-refractivity contribution in [1.29, 1.82) is 5.26 Å². The smallest absolute Gasteiger partial charge is 0.323 e. The van der Waals surface area contributed by atoms with Gasteiger partial charge in [0.25, 0.3) is 0 Å². The fraction of sp³-hybridized carbons (Fsp3) is 0.571. The van der Waals surface area contributed by atoms with E-state index in [9.17, 15) is 0 Å². The van der Waals surface area contributed by atoms with Gasteiger partial charge in [0.1, 0.15) is 0 Å². The Bertz CT molecular complexity index is 286. The van der Waals surface area contributed by atoms with Gasteiger partial charge in [0.05, 0.1) is 0 Å². The van der Waals surface area contributed by atoms with Crippen molar-refractivity contribution in [3.63, 3.8) is 0 Å². The van der Waals surface area contributed by atoms with Crippen molar-refractivity contribution in [3.8, 4) is 6.07 Å². The molecule has 0 aliphatic carbocycles. The molecule has 0 N–H and O–H groups in total. The average Bonchev–Trinajstić information content (AvgIpc) is 2.48. The van der Waals surface area contributed by atoms with Crippen LogP contribution in [0.5, 0.6) is 0 Å². The zero-order chi connectivity index (χ0) is 8.97. The van der Waals surface area contributed by atoms with Crippen LogP contribution in [0.3, 0.4) is 0 Å². The Morgan fingerprint density at radius 2 is 2.33 bits per heavy atom. The third kappa shape index (κ3) is 2.32. The molecule has 5 heteroatoms. The first kappa shape index (κ1) is 8.68. The van der Waals surface area contributed by atoms with E-state index >= 15 is 0 Å². The average molecular weight is 166 g/mol. The second kappa shape index (κ2) is 3.83. The van der Waals surface area contributed by atoms with E-state index in [0.29, 0.717) is 12.2 Å². The lowest BCUT2D eigenvalue weighted by molar-refractivity contribution is 0.383. The monoisotopic (exact) mass is 166 g/mol. The predicted molar refractivity (Wildman–Crippen MR) is 41.3 cm³/mol. The highest BCUT2D eigenvalue weighted by Gasteiger charge is 2.04. The molecule has 64 valence electrons. The standard InChI is InChI=1S/C7H10N4O/c1-11(2)4-3-6-9-7(5-8)12-10-6/h3-4H2,1-2H3. The van der Waals surface area contributed by atoms with Crippen molar-refractivity contribution in [3.05, 3.63) is 11.7 Å². The third-order valence-corrected chi connectivity index (χ3v) is 1.35. The lowest BCUT2D eigenvalue weighted by Crippen LogP contribution is -2.15. The molecule has 1 rings (SSSR count). The van der Waals surface area contributed by atoms with Crippen LogP contribution in [-0.4, -0.2) is 35.7 Å². The lowest BCUT2D eigenvalue weighted by Gasteiger charge is -2.05. The van der Waals surface area contributed by atoms with Crippen molar-refractivity contribution in [2.24, 2.45) is 0 Å². The van der Waals surface area contributed by atoms with E-state index < -0.39 is 0 Å². The fourth-order valence-electron chi connectivity index (χ4n) is 0.725. The Hall–Kier alpha value is -1.41. The molecule has 0 aliphatic rings. The van der Waals surface area contributed by atoms with Crippen LogP contribution < -0.4 is 0 Å². The number of hydrogen-bond acceptors (Lipinski definition) is 5. The largest absolute Gasteiger partial charge is 0.329 e. The zero-order valence-corrected chi connectivity index (χ0v) is 7.11. The molecule has 0 unspecified atom stereocenters. The third-order valence-electron chi connectivity index (χ3n) is 1.35. The maximum atomic E-state index is 8.37. The van der Waals surface area contributed by atoms with E-state index in [1.54, 1.807) is 6.07 Å². The summed E-state index contributed by atoms with van der Waals surface area (Å²) in [5, 5.41) is 12.0. The van der Waals surface area contributed by atoms with E-state index in [2.05, 4.69) is 14.7 Å². The van der Waals surface area contributed by atoms with Gasteiger partial charge in [-0.1, -0.05) is 5.16 Å². The summed E-state index contributed by atoms with van der Waals surface area (Å²) in [7, 11) is 3.93. The lowest BCUT2D eigenvalue weighted by atomic mass is 10.4. The number of nitrogens with zero attached hydrogens (tertiary/aromatic N) is 4. The summed E-state index contributed by atoms with van der Waals surface area (Å²) >= 11 is 0. The van der Waals surface area contributed by atoms with Crippen molar-refractivity contribution in [2.45, 2.75) is 6.42 Å². The molecule has 0 radical (unpaired) electrons. The van der Waals surface area contributed by atoms with Gasteiger partial charge in [0.15, 0.2) is 11.9 Å². The molecule has 0 amide bonds. The van der Waals surface area contributed by atoms with Gasteiger partial charge in [-0.3, -0.25) is 0 Å². The first-order valence-electron chi connectivity index (χ1n) is 3.60. The first-order chi connectivity index (χ1) is 5.72. The number of rotatable bonds is 3. The highest BCUT2D eigenvalue weighted by molar-refractivity contribution is 5.04. The normalized spacial score (nSPS) is 10.2. The van der Waals surface area contributed by atoms with Gasteiger partial charge in [-0.25, -0.2) is 0 Å². The zero-order valence-electron chi connectivity index (χ0n) is 7.11. The number of nitriles is 1. The maximum Gasteiger partial charge on any atom is 0.329 e. The van der Waals surface area contributed by atoms with Crippen molar-refractivity contribution in [2.75, 3.05) is 20.6 Å². The van der Waals surface area contributed by atoms with Gasteiger partial charge in [-0.2, -0.15) is 10.2 Å². The second-order valence-electron chi connectivity index (χ2n) is 2.68. The molecule has 0 aromatic carbocycles. The van der Waals surface area contributed by atoms with E-state index in [4.69, 9.17) is 5.26 Å². The minimum absolute atomic E-state index is 0.0313. The van der Waals surface area contributed by atoms with Crippen LogP contribution in [0, 0.1) is 11.3 Å². The van der Waals surface area contributed by atoms with Crippen LogP contribution in [0.25, 0.3) is 0 Å². The second-order valence-corrected chi connectivity index (χ2v) is 2.68. The maximum absolute atomic E-state index is 8.37. The van der Waals surface area contributed by atoms with E-state index in [1.807, 2.05) is 19.0 Å². The number of hydrogen-bond donors (Lipinski definition) is 0. The molecule has 12 heavy (non-hydrogen) atoms. The first-order valence-corrected chi connectivity index (χ1v) is 3.60. The molecule has 0 fully saturated rings. The summed E-state index contributed by atoms with van der Waals surface area (Å²) in [5.41, 5.74) is 0. The van der Waals surface area contributed by atoms with Gasteiger partial charge >= 0.3 is 5.89 Å². The molecule has 0 saturated heterocycles. The van der Waals surface area contributed by atoms with Crippen LogP contribution in [0.15, 0.2) is 4.52 Å². The quantitative estimate of drug-likeness (QED) is 0.634. The Morgan fingerprint density at radius 1 is 1.58 bits per heavy atom. The van der Waals surface area contributed by atoms with Gasteiger partial charge in [0.2, 0.25) is 0 Å². The van der Waals surface area contributed by atoms with Gasteiger partial charge < -0.3 is 9.42 Å². The Balaban J connectivity index is 2.48. The molecule has 0 spiro atoms. The van der Waals surface area contributed by atoms with Gasteiger partial charge in [0, 0.05) is 13.0 Å². The van der Waals surface area contributed by atoms with Crippen molar-refractivity contribution >= 4 is 0 Å². The topological polar surface area (TPSA) is 66.0 Å².